The van der Waals surface area contributed by atoms with Gasteiger partial charge in [-0.25, -0.2) is 0 Å². The van der Waals surface area contributed by atoms with E-state index < -0.39 is 4.92 Å². The molecule has 7 heteroatoms. The monoisotopic (exact) mass is 370 g/mol. The van der Waals surface area contributed by atoms with E-state index in [0.29, 0.717) is 5.57 Å². The summed E-state index contributed by atoms with van der Waals surface area (Å²) < 4.78 is 5.11. The van der Waals surface area contributed by atoms with E-state index in [1.54, 1.807) is 38.3 Å². The second-order valence-corrected chi connectivity index (χ2v) is 6.03. The highest BCUT2D eigenvalue weighted by Crippen LogP contribution is 2.20. The lowest BCUT2D eigenvalue weighted by molar-refractivity contribution is -0.384. The maximum Gasteiger partial charge on any atom is 0.269 e. The Balaban J connectivity index is 1.98. The Hall–Kier alpha value is -3.19. The van der Waals surface area contributed by atoms with Crippen molar-refractivity contribution in [2.45, 2.75) is 12.8 Å². The van der Waals surface area contributed by atoms with Gasteiger partial charge in [-0.15, -0.1) is 0 Å². The fourth-order valence-electron chi connectivity index (χ4n) is 2.56. The van der Waals surface area contributed by atoms with E-state index in [1.165, 1.54) is 18.2 Å². The van der Waals surface area contributed by atoms with Gasteiger partial charge < -0.3 is 15.2 Å². The van der Waals surface area contributed by atoms with Crippen molar-refractivity contribution in [3.63, 3.8) is 0 Å². The Morgan fingerprint density at radius 3 is 2.37 bits per heavy atom. The minimum Gasteiger partial charge on any atom is -0.497 e. The first-order chi connectivity index (χ1) is 12.9. The zero-order chi connectivity index (χ0) is 19.8. The van der Waals surface area contributed by atoms with Crippen LogP contribution in [0.2, 0.25) is 0 Å². The highest BCUT2D eigenvalue weighted by atomic mass is 16.6. The van der Waals surface area contributed by atoms with E-state index in [-0.39, 0.29) is 30.7 Å². The number of aliphatic hydroxyl groups is 1. The summed E-state index contributed by atoms with van der Waals surface area (Å²) in [7, 11) is 1.58. The number of carbonyl (C=O) groups is 1. The number of amides is 1. The molecule has 2 rings (SSSR count). The molecule has 0 aliphatic carbocycles. The quantitative estimate of drug-likeness (QED) is 0.423. The maximum atomic E-state index is 12.2. The van der Waals surface area contributed by atoms with Gasteiger partial charge in [-0.3, -0.25) is 14.9 Å². The van der Waals surface area contributed by atoms with Crippen molar-refractivity contribution in [3.05, 3.63) is 75.8 Å². The van der Waals surface area contributed by atoms with Gasteiger partial charge in [-0.1, -0.05) is 12.1 Å². The molecular formula is C20H22N2O5. The van der Waals surface area contributed by atoms with Crippen LogP contribution in [0.3, 0.4) is 0 Å². The Bertz CT molecular complexity index is 813. The summed E-state index contributed by atoms with van der Waals surface area (Å²) in [6, 6.07) is 13.3. The van der Waals surface area contributed by atoms with Gasteiger partial charge in [0.1, 0.15) is 5.75 Å². The van der Waals surface area contributed by atoms with Crippen molar-refractivity contribution in [1.82, 2.24) is 5.32 Å². The molecule has 0 aromatic heterocycles. The lowest BCUT2D eigenvalue weighted by atomic mass is 10.00. The van der Waals surface area contributed by atoms with E-state index >= 15 is 0 Å². The normalized spacial score (nSPS) is 12.3. The molecule has 7 nitrogen and oxygen atoms in total. The van der Waals surface area contributed by atoms with Crippen LogP contribution in [0.5, 0.6) is 5.75 Å². The number of benzene rings is 2. The number of nitrogens with one attached hydrogen (secondary N) is 1. The van der Waals surface area contributed by atoms with Crippen LogP contribution in [0, 0.1) is 10.1 Å². The molecule has 1 amide bonds. The summed E-state index contributed by atoms with van der Waals surface area (Å²) in [4.78, 5) is 22.4. The molecule has 1 atom stereocenters. The van der Waals surface area contributed by atoms with Crippen LogP contribution in [0.1, 0.15) is 24.0 Å². The number of methoxy groups -OCH3 is 1. The first-order valence-corrected chi connectivity index (χ1v) is 8.40. The summed E-state index contributed by atoms with van der Waals surface area (Å²) in [6.07, 6.45) is 1.43. The Kier molecular flexibility index (Phi) is 7.08. The Morgan fingerprint density at radius 1 is 1.22 bits per heavy atom. The van der Waals surface area contributed by atoms with Crippen LogP contribution in [0.15, 0.2) is 54.6 Å². The third-order valence-corrected chi connectivity index (χ3v) is 4.21. The standard InChI is InChI=1S/C20H22N2O5/c1-14(15-3-7-18(8-4-15)22(25)26)11-20(24)21-12-17(13-23)16-5-9-19(27-2)10-6-16/h3-11,17,23H,12-13H2,1-2H3,(H,21,24)/b14-11+. The average molecular weight is 370 g/mol. The highest BCUT2D eigenvalue weighted by molar-refractivity contribution is 5.94. The van der Waals surface area contributed by atoms with Crippen molar-refractivity contribution in [1.29, 1.82) is 0 Å². The van der Waals surface area contributed by atoms with Gasteiger partial charge >= 0.3 is 0 Å². The zero-order valence-electron chi connectivity index (χ0n) is 15.2. The van der Waals surface area contributed by atoms with E-state index in [2.05, 4.69) is 5.32 Å². The summed E-state index contributed by atoms with van der Waals surface area (Å²) in [6.45, 7) is 1.94. The molecule has 1 unspecified atom stereocenters. The van der Waals surface area contributed by atoms with E-state index in [9.17, 15) is 20.0 Å². The van der Waals surface area contributed by atoms with Crippen LogP contribution >= 0.6 is 0 Å². The molecule has 0 aliphatic heterocycles. The Morgan fingerprint density at radius 2 is 1.85 bits per heavy atom. The second-order valence-electron chi connectivity index (χ2n) is 6.03. The van der Waals surface area contributed by atoms with Crippen LogP contribution in [-0.4, -0.2) is 36.2 Å². The molecular weight excluding hydrogens is 348 g/mol. The number of allylic oxidation sites excluding steroid dienone is 1. The predicted molar refractivity (Wildman–Crippen MR) is 103 cm³/mol. The molecule has 27 heavy (non-hydrogen) atoms. The fraction of sp³-hybridized carbons (Fsp3) is 0.250. The van der Waals surface area contributed by atoms with Gasteiger partial charge in [0.15, 0.2) is 0 Å². The zero-order valence-corrected chi connectivity index (χ0v) is 15.2. The fourth-order valence-corrected chi connectivity index (χ4v) is 2.56. The van der Waals surface area contributed by atoms with E-state index in [4.69, 9.17) is 4.74 Å². The molecule has 0 radical (unpaired) electrons. The van der Waals surface area contributed by atoms with Crippen molar-refractivity contribution < 1.29 is 19.6 Å². The molecule has 0 aliphatic rings. The average Bonchev–Trinajstić information content (AvgIpc) is 2.69. The minimum atomic E-state index is -0.469. The number of nitro benzene ring substituents is 1. The topological polar surface area (TPSA) is 102 Å². The summed E-state index contributed by atoms with van der Waals surface area (Å²) in [5.41, 5.74) is 2.31. The van der Waals surface area contributed by atoms with Gasteiger partial charge in [0.05, 0.1) is 18.6 Å². The van der Waals surface area contributed by atoms with Crippen LogP contribution in [0.4, 0.5) is 5.69 Å². The third-order valence-electron chi connectivity index (χ3n) is 4.21. The van der Waals surface area contributed by atoms with E-state index in [0.717, 1.165) is 16.9 Å². The number of ether oxygens (including phenoxy) is 1. The number of nitro groups is 1. The molecule has 0 heterocycles. The number of hydrogen-bond acceptors (Lipinski definition) is 5. The predicted octanol–water partition coefficient (Wildman–Crippen LogP) is 2.90. The van der Waals surface area contributed by atoms with Crippen molar-refractivity contribution in [2.24, 2.45) is 0 Å². The largest absolute Gasteiger partial charge is 0.497 e. The number of non-ortho nitro benzene ring substituents is 1. The molecule has 0 bridgehead atoms. The highest BCUT2D eigenvalue weighted by Gasteiger charge is 2.12. The first kappa shape index (κ1) is 20.1. The number of hydrogen-bond donors (Lipinski definition) is 2. The molecule has 0 spiro atoms. The SMILES string of the molecule is COc1ccc(C(CO)CNC(=O)/C=C(\C)c2ccc([N+](=O)[O-])cc2)cc1. The summed E-state index contributed by atoms with van der Waals surface area (Å²) in [5, 5.41) is 23.1. The molecule has 0 saturated carbocycles. The molecule has 2 aromatic carbocycles. The smallest absolute Gasteiger partial charge is 0.269 e. The number of rotatable bonds is 8. The molecule has 0 fully saturated rings. The summed E-state index contributed by atoms with van der Waals surface area (Å²) in [5.74, 6) is 0.201. The lowest BCUT2D eigenvalue weighted by Crippen LogP contribution is -2.28. The van der Waals surface area contributed by atoms with Gasteiger partial charge in [0.25, 0.3) is 5.69 Å². The van der Waals surface area contributed by atoms with Crippen LogP contribution < -0.4 is 10.1 Å². The van der Waals surface area contributed by atoms with Crippen LogP contribution in [0.25, 0.3) is 5.57 Å². The second kappa shape index (κ2) is 9.49. The van der Waals surface area contributed by atoms with Gasteiger partial charge in [-0.2, -0.15) is 0 Å². The van der Waals surface area contributed by atoms with E-state index in [1.807, 2.05) is 12.1 Å². The number of carbonyl (C=O) groups excluding carboxylic acids is 1. The molecule has 142 valence electrons. The van der Waals surface area contributed by atoms with Gasteiger partial charge in [0.2, 0.25) is 5.91 Å². The number of nitrogens with zero attached hydrogens (tertiary/aromatic N) is 1. The van der Waals surface area contributed by atoms with Crippen LogP contribution in [-0.2, 0) is 4.79 Å². The molecule has 2 N–H and O–H groups in total. The van der Waals surface area contributed by atoms with Crippen molar-refractivity contribution in [2.75, 3.05) is 20.3 Å². The molecule has 0 saturated heterocycles. The van der Waals surface area contributed by atoms with Gasteiger partial charge in [-0.05, 0) is 47.9 Å². The summed E-state index contributed by atoms with van der Waals surface area (Å²) >= 11 is 0. The lowest BCUT2D eigenvalue weighted by Gasteiger charge is -2.15. The number of aliphatic hydroxyl groups excluding tert-OH is 1. The first-order valence-electron chi connectivity index (χ1n) is 8.40. The maximum absolute atomic E-state index is 12.2. The van der Waals surface area contributed by atoms with Gasteiger partial charge in [0, 0.05) is 30.7 Å². The molecule has 2 aromatic rings. The van der Waals surface area contributed by atoms with Crippen molar-refractivity contribution >= 4 is 17.2 Å². The Labute approximate surface area is 157 Å². The minimum absolute atomic E-state index is 0.00119. The van der Waals surface area contributed by atoms with Crippen molar-refractivity contribution in [3.8, 4) is 5.75 Å². The third kappa shape index (κ3) is 5.65.